The number of hydrogen-bond acceptors (Lipinski definition) is 11. The lowest BCUT2D eigenvalue weighted by Crippen LogP contribution is -2.36. The van der Waals surface area contributed by atoms with Gasteiger partial charge in [0.1, 0.15) is 11.6 Å². The second kappa shape index (κ2) is 11.3. The first-order chi connectivity index (χ1) is 18.7. The first kappa shape index (κ1) is 27.0. The molecule has 0 saturated carbocycles. The summed E-state index contributed by atoms with van der Waals surface area (Å²) in [5, 5.41) is 6.51. The van der Waals surface area contributed by atoms with Gasteiger partial charge in [0.15, 0.2) is 9.84 Å². The maximum Gasteiger partial charge on any atom is 0.229 e. The molecule has 2 aromatic heterocycles. The highest BCUT2D eigenvalue weighted by Crippen LogP contribution is 2.36. The van der Waals surface area contributed by atoms with Gasteiger partial charge in [0.05, 0.1) is 47.3 Å². The molecule has 4 aromatic rings. The Balaban J connectivity index is 1.46. The van der Waals surface area contributed by atoms with Crippen molar-refractivity contribution in [1.29, 1.82) is 0 Å². The zero-order valence-corrected chi connectivity index (χ0v) is 24.1. The number of fused-ring (bicyclic) bond motifs is 1. The fourth-order valence-electron chi connectivity index (χ4n) is 4.47. The summed E-state index contributed by atoms with van der Waals surface area (Å²) in [5.41, 5.74) is 5.09. The Labute approximate surface area is 235 Å². The highest BCUT2D eigenvalue weighted by Gasteiger charge is 2.19. The number of morpholine rings is 1. The average molecular weight is 615 g/mol. The number of aryl methyl sites for hydroxylation is 1. The van der Waals surface area contributed by atoms with Gasteiger partial charge in [-0.25, -0.2) is 13.4 Å². The molecule has 2 aromatic carbocycles. The van der Waals surface area contributed by atoms with Crippen LogP contribution in [0.2, 0.25) is 0 Å². The van der Waals surface area contributed by atoms with Crippen molar-refractivity contribution in [3.05, 3.63) is 58.5 Å². The van der Waals surface area contributed by atoms with Gasteiger partial charge in [-0.15, -0.1) is 0 Å². The molecule has 11 nitrogen and oxygen atoms in total. The van der Waals surface area contributed by atoms with E-state index >= 15 is 0 Å². The van der Waals surface area contributed by atoms with Crippen LogP contribution in [-0.4, -0.2) is 68.0 Å². The van der Waals surface area contributed by atoms with Gasteiger partial charge in [0.25, 0.3) is 0 Å². The molecule has 13 heteroatoms. The molecular formula is C26H28BrN7O4S. The predicted octanol–water partition coefficient (Wildman–Crippen LogP) is 4.37. The summed E-state index contributed by atoms with van der Waals surface area (Å²) in [6.45, 7) is 5.09. The molecule has 2 N–H and O–H groups in total. The number of nitrogens with zero attached hydrogens (tertiary/aromatic N) is 5. The molecule has 3 heterocycles. The van der Waals surface area contributed by atoms with Gasteiger partial charge in [-0.2, -0.15) is 4.98 Å². The highest BCUT2D eigenvalue weighted by molar-refractivity contribution is 9.10. The normalized spacial score (nSPS) is 13.9. The zero-order valence-electron chi connectivity index (χ0n) is 21.7. The van der Waals surface area contributed by atoms with Gasteiger partial charge in [-0.1, -0.05) is 0 Å². The molecule has 5 rings (SSSR count). The molecule has 1 aliphatic rings. The summed E-state index contributed by atoms with van der Waals surface area (Å²) in [4.78, 5) is 20.0. The van der Waals surface area contributed by atoms with E-state index in [0.717, 1.165) is 30.0 Å². The third-order valence-electron chi connectivity index (χ3n) is 6.27. The molecule has 0 bridgehead atoms. The maximum absolute atomic E-state index is 12.2. The first-order valence-electron chi connectivity index (χ1n) is 12.2. The van der Waals surface area contributed by atoms with Crippen LogP contribution in [0.3, 0.4) is 0 Å². The van der Waals surface area contributed by atoms with E-state index in [1.54, 1.807) is 37.8 Å². The van der Waals surface area contributed by atoms with E-state index < -0.39 is 9.84 Å². The quantitative estimate of drug-likeness (QED) is 0.293. The Morgan fingerprint density at radius 3 is 2.59 bits per heavy atom. The fourth-order valence-corrected chi connectivity index (χ4v) is 5.58. The molecule has 0 atom stereocenters. The number of aromatic nitrogens is 4. The van der Waals surface area contributed by atoms with Crippen LogP contribution in [0.5, 0.6) is 5.75 Å². The van der Waals surface area contributed by atoms with E-state index in [9.17, 15) is 8.42 Å². The lowest BCUT2D eigenvalue weighted by atomic mass is 10.1. The van der Waals surface area contributed by atoms with Gasteiger partial charge >= 0.3 is 0 Å². The van der Waals surface area contributed by atoms with Crippen molar-refractivity contribution in [1.82, 2.24) is 19.9 Å². The minimum absolute atomic E-state index is 0.203. The van der Waals surface area contributed by atoms with E-state index in [1.807, 2.05) is 12.1 Å². The highest BCUT2D eigenvalue weighted by atomic mass is 79.9. The Morgan fingerprint density at radius 1 is 1.08 bits per heavy atom. The molecular weight excluding hydrogens is 586 g/mol. The van der Waals surface area contributed by atoms with E-state index in [-0.39, 0.29) is 5.75 Å². The third-order valence-corrected chi connectivity index (χ3v) is 7.66. The summed E-state index contributed by atoms with van der Waals surface area (Å²) in [6, 6.07) is 7.58. The molecule has 39 heavy (non-hydrogen) atoms. The number of benzene rings is 2. The van der Waals surface area contributed by atoms with Gasteiger partial charge in [0.2, 0.25) is 5.95 Å². The Kier molecular flexibility index (Phi) is 7.82. The standard InChI is InChI=1S/C26H28BrN7O4S/c1-16-12-21(23(37-2)13-22(16)34-8-10-38-11-9-34)32-26-30-14-18(27)25(33-26)31-19-4-5-20-24(29-7-6-28-20)17(19)15-39(3,35)36/h4-7,12-14H,8-11,15H2,1-3H3,(H2,30,31,32,33). The second-order valence-electron chi connectivity index (χ2n) is 9.16. The summed E-state index contributed by atoms with van der Waals surface area (Å²) in [7, 11) is -1.73. The maximum atomic E-state index is 12.2. The van der Waals surface area contributed by atoms with Gasteiger partial charge in [0, 0.05) is 60.9 Å². The number of rotatable bonds is 8. The lowest BCUT2D eigenvalue weighted by molar-refractivity contribution is 0.122. The molecule has 0 aliphatic carbocycles. The van der Waals surface area contributed by atoms with Crippen LogP contribution in [0, 0.1) is 6.92 Å². The molecule has 0 amide bonds. The summed E-state index contributed by atoms with van der Waals surface area (Å²) >= 11 is 3.50. The average Bonchev–Trinajstić information content (AvgIpc) is 2.92. The molecule has 0 spiro atoms. The minimum Gasteiger partial charge on any atom is -0.494 e. The Morgan fingerprint density at radius 2 is 1.85 bits per heavy atom. The number of ether oxygens (including phenoxy) is 2. The van der Waals surface area contributed by atoms with Crippen LogP contribution in [0.25, 0.3) is 11.0 Å². The van der Waals surface area contributed by atoms with Gasteiger partial charge < -0.3 is 25.0 Å². The van der Waals surface area contributed by atoms with Crippen molar-refractivity contribution in [2.24, 2.45) is 0 Å². The number of nitrogens with one attached hydrogen (secondary N) is 2. The number of halogens is 1. The van der Waals surface area contributed by atoms with Crippen molar-refractivity contribution in [2.75, 3.05) is 55.2 Å². The smallest absolute Gasteiger partial charge is 0.229 e. The molecule has 1 saturated heterocycles. The summed E-state index contributed by atoms with van der Waals surface area (Å²) < 4.78 is 36.3. The largest absolute Gasteiger partial charge is 0.494 e. The monoisotopic (exact) mass is 613 g/mol. The van der Waals surface area contributed by atoms with E-state index in [2.05, 4.69) is 58.3 Å². The van der Waals surface area contributed by atoms with Gasteiger partial charge in [-0.3, -0.25) is 9.97 Å². The van der Waals surface area contributed by atoms with E-state index in [0.29, 0.717) is 57.5 Å². The minimum atomic E-state index is -3.35. The molecule has 1 fully saturated rings. The van der Waals surface area contributed by atoms with Crippen LogP contribution < -0.4 is 20.3 Å². The predicted molar refractivity (Wildman–Crippen MR) is 155 cm³/mol. The SMILES string of the molecule is COc1cc(N2CCOCC2)c(C)cc1Nc1ncc(Br)c(Nc2ccc3nccnc3c2CS(C)(=O)=O)n1. The van der Waals surface area contributed by atoms with Crippen LogP contribution in [-0.2, 0) is 20.3 Å². The number of anilines is 5. The van der Waals surface area contributed by atoms with Crippen molar-refractivity contribution >= 4 is 65.6 Å². The van der Waals surface area contributed by atoms with Crippen molar-refractivity contribution in [3.8, 4) is 5.75 Å². The molecule has 1 aliphatic heterocycles. The number of sulfone groups is 1. The van der Waals surface area contributed by atoms with Gasteiger partial charge in [-0.05, 0) is 46.6 Å². The fraction of sp³-hybridized carbons (Fsp3) is 0.308. The first-order valence-corrected chi connectivity index (χ1v) is 15.1. The van der Waals surface area contributed by atoms with Crippen LogP contribution >= 0.6 is 15.9 Å². The Hall–Kier alpha value is -3.55. The van der Waals surface area contributed by atoms with Crippen LogP contribution in [0.15, 0.2) is 47.3 Å². The third kappa shape index (κ3) is 6.21. The molecule has 204 valence electrons. The van der Waals surface area contributed by atoms with Crippen LogP contribution in [0.1, 0.15) is 11.1 Å². The summed E-state index contributed by atoms with van der Waals surface area (Å²) in [5.74, 6) is 1.24. The number of methoxy groups -OCH3 is 1. The second-order valence-corrected chi connectivity index (χ2v) is 12.2. The number of hydrogen-bond donors (Lipinski definition) is 2. The van der Waals surface area contributed by atoms with E-state index in [4.69, 9.17) is 9.47 Å². The molecule has 0 radical (unpaired) electrons. The zero-order chi connectivity index (χ0) is 27.6. The van der Waals surface area contributed by atoms with Crippen LogP contribution in [0.4, 0.5) is 28.8 Å². The lowest BCUT2D eigenvalue weighted by Gasteiger charge is -2.30. The van der Waals surface area contributed by atoms with E-state index in [1.165, 1.54) is 6.26 Å². The summed E-state index contributed by atoms with van der Waals surface area (Å²) in [6.07, 6.45) is 5.92. The van der Waals surface area contributed by atoms with Crippen molar-refractivity contribution in [3.63, 3.8) is 0 Å². The topological polar surface area (TPSA) is 131 Å². The van der Waals surface area contributed by atoms with Crippen molar-refractivity contribution in [2.45, 2.75) is 12.7 Å². The van der Waals surface area contributed by atoms with Crippen molar-refractivity contribution < 1.29 is 17.9 Å². The Bertz CT molecular complexity index is 1630. The molecule has 0 unspecified atom stereocenters.